The smallest absolute Gasteiger partial charge is 0.235 e. The van der Waals surface area contributed by atoms with Gasteiger partial charge in [-0.15, -0.1) is 10.2 Å². The third kappa shape index (κ3) is 2.79. The maximum Gasteiger partial charge on any atom is 0.235 e. The van der Waals surface area contributed by atoms with E-state index in [1.54, 1.807) is 12.4 Å². The molecule has 0 spiro atoms. The Labute approximate surface area is 145 Å². The van der Waals surface area contributed by atoms with E-state index in [-0.39, 0.29) is 5.56 Å². The van der Waals surface area contributed by atoms with Crippen LogP contribution in [0.15, 0.2) is 42.7 Å². The number of rotatable bonds is 3. The summed E-state index contributed by atoms with van der Waals surface area (Å²) in [4.78, 5) is 4.63. The first-order valence-electron chi connectivity index (χ1n) is 6.96. The zero-order valence-corrected chi connectivity index (χ0v) is 13.7. The molecule has 3 heterocycles. The Morgan fingerprint density at radius 1 is 1.17 bits per heavy atom. The first-order valence-corrected chi connectivity index (χ1v) is 8.16. The van der Waals surface area contributed by atoms with E-state index in [0.29, 0.717) is 15.8 Å². The quantitative estimate of drug-likeness (QED) is 0.551. The third-order valence-corrected chi connectivity index (χ3v) is 4.38. The summed E-state index contributed by atoms with van der Waals surface area (Å²) in [6.07, 6.45) is 7.22. The maximum atomic E-state index is 14.1. The summed E-state index contributed by atoms with van der Waals surface area (Å²) < 4.78 is 15.6. The fourth-order valence-corrected chi connectivity index (χ4v) is 3.09. The van der Waals surface area contributed by atoms with Crippen molar-refractivity contribution in [1.82, 2.24) is 24.8 Å². The van der Waals surface area contributed by atoms with E-state index in [9.17, 15) is 4.39 Å². The van der Waals surface area contributed by atoms with Crippen molar-refractivity contribution in [2.75, 3.05) is 0 Å². The average molecular weight is 358 g/mol. The van der Waals surface area contributed by atoms with Gasteiger partial charge >= 0.3 is 0 Å². The second kappa shape index (κ2) is 6.10. The molecule has 4 rings (SSSR count). The Balaban J connectivity index is 1.74. The van der Waals surface area contributed by atoms with Crippen molar-refractivity contribution >= 4 is 40.1 Å². The van der Waals surface area contributed by atoms with E-state index < -0.39 is 5.82 Å². The van der Waals surface area contributed by atoms with E-state index in [1.807, 2.05) is 24.3 Å². The lowest BCUT2D eigenvalue weighted by Gasteiger charge is -1.99. The average Bonchev–Trinajstić information content (AvgIpc) is 3.16. The van der Waals surface area contributed by atoms with Gasteiger partial charge in [-0.3, -0.25) is 4.98 Å². The van der Waals surface area contributed by atoms with Crippen molar-refractivity contribution in [2.45, 2.75) is 0 Å². The lowest BCUT2D eigenvalue weighted by Crippen LogP contribution is -1.93. The molecule has 4 aromatic rings. The van der Waals surface area contributed by atoms with Crippen molar-refractivity contribution < 1.29 is 4.39 Å². The van der Waals surface area contributed by atoms with Crippen LogP contribution < -0.4 is 0 Å². The molecule has 0 saturated carbocycles. The van der Waals surface area contributed by atoms with Gasteiger partial charge in [-0.05, 0) is 35.9 Å². The van der Waals surface area contributed by atoms with E-state index >= 15 is 0 Å². The molecule has 0 aliphatic carbocycles. The zero-order chi connectivity index (χ0) is 16.5. The summed E-state index contributed by atoms with van der Waals surface area (Å²) in [7, 11) is 0. The fourth-order valence-electron chi connectivity index (χ4n) is 2.18. The van der Waals surface area contributed by atoms with Gasteiger partial charge in [0, 0.05) is 17.4 Å². The Bertz CT molecular complexity index is 1040. The summed E-state index contributed by atoms with van der Waals surface area (Å²) in [5.41, 5.74) is 1.23. The van der Waals surface area contributed by atoms with Gasteiger partial charge in [0.25, 0.3) is 0 Å². The van der Waals surface area contributed by atoms with Crippen LogP contribution >= 0.6 is 22.9 Å². The number of pyridine rings is 1. The largest absolute Gasteiger partial charge is 0.264 e. The monoisotopic (exact) mass is 357 g/mol. The summed E-state index contributed by atoms with van der Waals surface area (Å²) in [6.45, 7) is 0. The number of halogens is 2. The predicted molar refractivity (Wildman–Crippen MR) is 92.2 cm³/mol. The van der Waals surface area contributed by atoms with Gasteiger partial charge in [0.15, 0.2) is 5.82 Å². The molecule has 0 saturated heterocycles. The lowest BCUT2D eigenvalue weighted by atomic mass is 10.2. The van der Waals surface area contributed by atoms with Crippen LogP contribution in [0.4, 0.5) is 4.39 Å². The van der Waals surface area contributed by atoms with Gasteiger partial charge in [-0.1, -0.05) is 35.1 Å². The summed E-state index contributed by atoms with van der Waals surface area (Å²) in [6, 6.07) is 8.10. The highest BCUT2D eigenvalue weighted by Gasteiger charge is 2.16. The molecular weight excluding hydrogens is 349 g/mol. The first-order chi connectivity index (χ1) is 11.7. The molecule has 0 aliphatic rings. The fraction of sp³-hybridized carbons (Fsp3) is 0. The third-order valence-electron chi connectivity index (χ3n) is 3.28. The van der Waals surface area contributed by atoms with Crippen LogP contribution in [0.1, 0.15) is 10.6 Å². The summed E-state index contributed by atoms with van der Waals surface area (Å²) >= 11 is 7.31. The number of aromatic nitrogens is 5. The molecule has 118 valence electrons. The molecule has 1 aromatic carbocycles. The van der Waals surface area contributed by atoms with Gasteiger partial charge in [0.1, 0.15) is 10.8 Å². The SMILES string of the molecule is Fc1ccc(Cl)cc1-c1nnc2sc(/C=C/c3cccnc3)nn12. The zero-order valence-electron chi connectivity index (χ0n) is 12.1. The molecule has 3 aromatic heterocycles. The Morgan fingerprint density at radius 3 is 2.92 bits per heavy atom. The first kappa shape index (κ1) is 14.9. The van der Waals surface area contributed by atoms with Crippen LogP contribution in [0, 0.1) is 5.82 Å². The minimum Gasteiger partial charge on any atom is -0.264 e. The van der Waals surface area contributed by atoms with Gasteiger partial charge in [-0.25, -0.2) is 4.39 Å². The van der Waals surface area contributed by atoms with Gasteiger partial charge in [0.05, 0.1) is 5.56 Å². The standard InChI is InChI=1S/C16H9ClFN5S/c17-11-4-5-13(18)12(8-11)15-20-21-16-23(15)22-14(24-16)6-3-10-2-1-7-19-9-10/h1-9H/b6-3+. The van der Waals surface area contributed by atoms with E-state index in [1.165, 1.54) is 34.1 Å². The highest BCUT2D eigenvalue weighted by molar-refractivity contribution is 7.17. The molecule has 0 unspecified atom stereocenters. The van der Waals surface area contributed by atoms with E-state index in [2.05, 4.69) is 20.3 Å². The van der Waals surface area contributed by atoms with Crippen LogP contribution in [-0.2, 0) is 0 Å². The number of hydrogen-bond acceptors (Lipinski definition) is 5. The van der Waals surface area contributed by atoms with Crippen LogP contribution in [-0.4, -0.2) is 24.8 Å². The minimum atomic E-state index is -0.422. The molecular formula is C16H9ClFN5S. The summed E-state index contributed by atoms with van der Waals surface area (Å²) in [5.74, 6) is -0.101. The van der Waals surface area contributed by atoms with E-state index in [0.717, 1.165) is 10.6 Å². The highest BCUT2D eigenvalue weighted by Crippen LogP contribution is 2.27. The number of hydrogen-bond donors (Lipinski definition) is 0. The predicted octanol–water partition coefficient (Wildman–Crippen LogP) is 4.21. The number of fused-ring (bicyclic) bond motifs is 1. The molecule has 0 radical (unpaired) electrons. The van der Waals surface area contributed by atoms with Crippen LogP contribution in [0.3, 0.4) is 0 Å². The van der Waals surface area contributed by atoms with Gasteiger partial charge in [0.2, 0.25) is 4.96 Å². The van der Waals surface area contributed by atoms with Crippen LogP contribution in [0.5, 0.6) is 0 Å². The second-order valence-corrected chi connectivity index (χ2v) is 6.33. The van der Waals surface area contributed by atoms with Gasteiger partial charge < -0.3 is 0 Å². The number of benzene rings is 1. The molecule has 0 fully saturated rings. The molecule has 0 atom stereocenters. The summed E-state index contributed by atoms with van der Waals surface area (Å²) in [5, 5.41) is 13.7. The second-order valence-electron chi connectivity index (χ2n) is 4.90. The number of nitrogens with zero attached hydrogens (tertiary/aromatic N) is 5. The lowest BCUT2D eigenvalue weighted by molar-refractivity contribution is 0.629. The molecule has 24 heavy (non-hydrogen) atoms. The Morgan fingerprint density at radius 2 is 2.08 bits per heavy atom. The van der Waals surface area contributed by atoms with Crippen LogP contribution in [0.2, 0.25) is 5.02 Å². The van der Waals surface area contributed by atoms with Crippen molar-refractivity contribution in [3.05, 3.63) is 64.1 Å². The molecule has 0 N–H and O–H groups in total. The Kier molecular flexibility index (Phi) is 3.79. The molecule has 0 amide bonds. The maximum absolute atomic E-state index is 14.1. The molecule has 0 bridgehead atoms. The molecule has 0 aliphatic heterocycles. The van der Waals surface area contributed by atoms with Crippen molar-refractivity contribution in [1.29, 1.82) is 0 Å². The molecule has 8 heteroatoms. The minimum absolute atomic E-state index is 0.267. The van der Waals surface area contributed by atoms with Crippen molar-refractivity contribution in [3.63, 3.8) is 0 Å². The Hall–Kier alpha value is -2.64. The molecule has 5 nitrogen and oxygen atoms in total. The van der Waals surface area contributed by atoms with Crippen molar-refractivity contribution in [2.24, 2.45) is 0 Å². The van der Waals surface area contributed by atoms with Crippen molar-refractivity contribution in [3.8, 4) is 11.4 Å². The normalized spacial score (nSPS) is 11.6. The van der Waals surface area contributed by atoms with E-state index in [4.69, 9.17) is 11.6 Å². The topological polar surface area (TPSA) is 56.0 Å². The highest BCUT2D eigenvalue weighted by atomic mass is 35.5. The van der Waals surface area contributed by atoms with Crippen LogP contribution in [0.25, 0.3) is 28.5 Å². The van der Waals surface area contributed by atoms with Gasteiger partial charge in [-0.2, -0.15) is 9.61 Å².